The number of fused-ring (bicyclic) bond motifs is 1. The molecule has 1 atom stereocenters. The third kappa shape index (κ3) is 5.78. The molecule has 1 saturated heterocycles. The van der Waals surface area contributed by atoms with Crippen molar-refractivity contribution < 1.29 is 23.8 Å². The maximum absolute atomic E-state index is 12.9. The number of piperidine rings is 1. The third-order valence-electron chi connectivity index (χ3n) is 6.99. The Kier molecular flexibility index (Phi) is 7.88. The quantitative estimate of drug-likeness (QED) is 0.312. The lowest BCUT2D eigenvalue weighted by Crippen LogP contribution is -2.34. The van der Waals surface area contributed by atoms with Gasteiger partial charge in [0.05, 0.1) is 19.2 Å². The molecule has 0 spiro atoms. The molecule has 202 valence electrons. The van der Waals surface area contributed by atoms with Gasteiger partial charge in [0.2, 0.25) is 0 Å². The molecule has 3 aromatic rings. The van der Waals surface area contributed by atoms with E-state index in [0.717, 1.165) is 25.2 Å². The molecular weight excluding hydrogens is 496 g/mol. The van der Waals surface area contributed by atoms with E-state index >= 15 is 0 Å². The lowest BCUT2D eigenvalue weighted by Gasteiger charge is -2.33. The maximum Gasteiger partial charge on any atom is 0.186 e. The predicted molar refractivity (Wildman–Crippen MR) is 151 cm³/mol. The molecule has 2 aromatic carbocycles. The highest BCUT2D eigenvalue weighted by Gasteiger charge is 2.23. The summed E-state index contributed by atoms with van der Waals surface area (Å²) in [7, 11) is 3.19. The number of carbonyl (C=O) groups is 2. The van der Waals surface area contributed by atoms with E-state index in [4.69, 9.17) is 14.2 Å². The minimum absolute atomic E-state index is 0.214. The average molecular weight is 529 g/mol. The van der Waals surface area contributed by atoms with Crippen molar-refractivity contribution in [2.45, 2.75) is 19.8 Å². The number of ether oxygens (including phenoxy) is 3. The van der Waals surface area contributed by atoms with E-state index in [1.807, 2.05) is 24.3 Å². The lowest BCUT2D eigenvalue weighted by atomic mass is 9.93. The topological polar surface area (TPSA) is 103 Å². The molecule has 39 heavy (non-hydrogen) atoms. The van der Waals surface area contributed by atoms with E-state index in [1.54, 1.807) is 20.3 Å². The molecule has 1 unspecified atom stereocenters. The molecule has 1 aliphatic carbocycles. The molecule has 2 aliphatic rings. The second kappa shape index (κ2) is 11.7. The Morgan fingerprint density at radius 1 is 1.05 bits per heavy atom. The lowest BCUT2D eigenvalue weighted by molar-refractivity contribution is -0.113. The highest BCUT2D eigenvalue weighted by molar-refractivity contribution is 6.34. The van der Waals surface area contributed by atoms with Gasteiger partial charge in [0.1, 0.15) is 18.8 Å². The van der Waals surface area contributed by atoms with Crippen LogP contribution in [0.5, 0.6) is 11.5 Å². The molecule has 1 aliphatic heterocycles. The summed E-state index contributed by atoms with van der Waals surface area (Å²) in [6.45, 7) is 4.97. The van der Waals surface area contributed by atoms with E-state index in [2.05, 4.69) is 27.1 Å². The van der Waals surface area contributed by atoms with Gasteiger partial charge in [0, 0.05) is 54.2 Å². The van der Waals surface area contributed by atoms with Crippen molar-refractivity contribution in [2.24, 2.45) is 5.92 Å². The van der Waals surface area contributed by atoms with Gasteiger partial charge in [-0.15, -0.1) is 0 Å². The fourth-order valence-electron chi connectivity index (χ4n) is 5.00. The summed E-state index contributed by atoms with van der Waals surface area (Å²) in [6.07, 6.45) is 7.81. The summed E-state index contributed by atoms with van der Waals surface area (Å²) in [5.41, 5.74) is 3.33. The molecule has 1 aromatic heterocycles. The van der Waals surface area contributed by atoms with Crippen LogP contribution in [0.4, 0.5) is 17.2 Å². The summed E-state index contributed by atoms with van der Waals surface area (Å²) >= 11 is 0. The van der Waals surface area contributed by atoms with E-state index in [0.29, 0.717) is 64.2 Å². The Balaban J connectivity index is 1.55. The highest BCUT2D eigenvalue weighted by Crippen LogP contribution is 2.37. The largest absolute Gasteiger partial charge is 0.493 e. The van der Waals surface area contributed by atoms with Gasteiger partial charge in [0.25, 0.3) is 0 Å². The summed E-state index contributed by atoms with van der Waals surface area (Å²) < 4.78 is 16.5. The van der Waals surface area contributed by atoms with Gasteiger partial charge in [0.15, 0.2) is 23.1 Å². The van der Waals surface area contributed by atoms with Crippen LogP contribution in [0.1, 0.15) is 25.3 Å². The van der Waals surface area contributed by atoms with Crippen molar-refractivity contribution in [3.8, 4) is 11.5 Å². The fourth-order valence-corrected chi connectivity index (χ4v) is 5.00. The molecule has 2 heterocycles. The second-order valence-corrected chi connectivity index (χ2v) is 9.79. The Morgan fingerprint density at radius 2 is 1.92 bits per heavy atom. The van der Waals surface area contributed by atoms with Crippen molar-refractivity contribution >= 4 is 45.2 Å². The molecule has 0 bridgehead atoms. The molecule has 9 heteroatoms. The number of carbonyl (C=O) groups excluding carboxylic acids is 2. The molecule has 1 fully saturated rings. The average Bonchev–Trinajstić information content (AvgIpc) is 2.94. The Hall–Kier alpha value is -4.24. The number of anilines is 3. The van der Waals surface area contributed by atoms with Crippen LogP contribution in [0.25, 0.3) is 16.5 Å². The van der Waals surface area contributed by atoms with Crippen LogP contribution in [-0.4, -0.2) is 62.1 Å². The zero-order valence-corrected chi connectivity index (χ0v) is 22.4. The monoisotopic (exact) mass is 528 g/mol. The number of ketones is 2. The fraction of sp³-hybridized carbons (Fsp3) is 0.333. The molecule has 0 radical (unpaired) electrons. The minimum Gasteiger partial charge on any atom is -0.493 e. The number of rotatable bonds is 9. The van der Waals surface area contributed by atoms with Gasteiger partial charge in [-0.1, -0.05) is 6.92 Å². The first-order chi connectivity index (χ1) is 19.0. The zero-order chi connectivity index (χ0) is 27.4. The summed E-state index contributed by atoms with van der Waals surface area (Å²) in [5.74, 6) is 1.78. The first kappa shape index (κ1) is 26.4. The van der Waals surface area contributed by atoms with E-state index in [9.17, 15) is 9.59 Å². The van der Waals surface area contributed by atoms with Crippen LogP contribution < -0.4 is 19.7 Å². The normalized spacial score (nSPS) is 17.4. The molecule has 5 rings (SSSR count). The van der Waals surface area contributed by atoms with Crippen LogP contribution >= 0.6 is 0 Å². The van der Waals surface area contributed by atoms with Gasteiger partial charge in [-0.2, -0.15) is 0 Å². The van der Waals surface area contributed by atoms with Crippen molar-refractivity contribution in [3.63, 3.8) is 0 Å². The Labute approximate surface area is 227 Å². The summed E-state index contributed by atoms with van der Waals surface area (Å²) in [4.78, 5) is 36.4. The number of methoxy groups -OCH3 is 2. The summed E-state index contributed by atoms with van der Waals surface area (Å²) in [5, 5.41) is 4.11. The number of hydrogen-bond acceptors (Lipinski definition) is 9. The van der Waals surface area contributed by atoms with Crippen molar-refractivity contribution in [1.82, 2.24) is 9.97 Å². The number of aromatic nitrogens is 2. The summed E-state index contributed by atoms with van der Waals surface area (Å²) in [6, 6.07) is 9.59. The first-order valence-corrected chi connectivity index (χ1v) is 13.1. The van der Waals surface area contributed by atoms with Gasteiger partial charge in [-0.05, 0) is 61.3 Å². The molecule has 0 amide bonds. The van der Waals surface area contributed by atoms with Gasteiger partial charge in [-0.25, -0.2) is 9.97 Å². The third-order valence-corrected chi connectivity index (χ3v) is 6.99. The first-order valence-electron chi connectivity index (χ1n) is 13.1. The Morgan fingerprint density at radius 3 is 2.72 bits per heavy atom. The number of benzene rings is 2. The van der Waals surface area contributed by atoms with Crippen LogP contribution in [-0.2, 0) is 14.3 Å². The van der Waals surface area contributed by atoms with Crippen LogP contribution in [0, 0.1) is 5.92 Å². The SMILES string of the molecule is COCCOc1cc2ncnc(Nc3ccc(N4CCCC(C)C4)cc3C3=CC(=O)C=CC3=O)c2cc1OC. The number of hydrogen-bond donors (Lipinski definition) is 1. The Bertz CT molecular complexity index is 1470. The van der Waals surface area contributed by atoms with Gasteiger partial charge >= 0.3 is 0 Å². The number of nitrogens with zero attached hydrogens (tertiary/aromatic N) is 3. The smallest absolute Gasteiger partial charge is 0.186 e. The van der Waals surface area contributed by atoms with Crippen molar-refractivity contribution in [2.75, 3.05) is 50.7 Å². The molecule has 0 saturated carbocycles. The van der Waals surface area contributed by atoms with E-state index in [1.165, 1.54) is 31.0 Å². The van der Waals surface area contributed by atoms with E-state index < -0.39 is 0 Å². The van der Waals surface area contributed by atoms with Gasteiger partial charge in [-0.3, -0.25) is 9.59 Å². The predicted octanol–water partition coefficient (Wildman–Crippen LogP) is 4.73. The number of nitrogens with one attached hydrogen (secondary N) is 1. The second-order valence-electron chi connectivity index (χ2n) is 9.79. The molecular formula is C30H32N4O5. The minimum atomic E-state index is -0.217. The standard InChI is InChI=1S/C30H32N4O5/c1-19-5-4-10-34(17-19)20-6-8-25(22(13-20)23-14-21(35)7-9-27(23)36)33-30-24-15-28(38-3)29(39-12-11-37-2)16-26(24)31-18-32-30/h6-9,13-16,18-19H,4-5,10-12,17H2,1-3H3,(H,31,32,33). The van der Waals surface area contributed by atoms with Gasteiger partial charge < -0.3 is 24.4 Å². The van der Waals surface area contributed by atoms with Crippen molar-refractivity contribution in [3.05, 3.63) is 60.5 Å². The highest BCUT2D eigenvalue weighted by atomic mass is 16.5. The van der Waals surface area contributed by atoms with Crippen molar-refractivity contribution in [1.29, 1.82) is 0 Å². The van der Waals surface area contributed by atoms with E-state index in [-0.39, 0.29) is 11.6 Å². The van der Waals surface area contributed by atoms with Crippen LogP contribution in [0.15, 0.2) is 54.9 Å². The van der Waals surface area contributed by atoms with Crippen LogP contribution in [0.3, 0.4) is 0 Å². The van der Waals surface area contributed by atoms with Crippen LogP contribution in [0.2, 0.25) is 0 Å². The maximum atomic E-state index is 12.9. The number of allylic oxidation sites excluding steroid dienone is 4. The molecule has 9 nitrogen and oxygen atoms in total. The zero-order valence-electron chi connectivity index (χ0n) is 22.4. The molecule has 1 N–H and O–H groups in total.